The molecular formula is C17H27NOS. The average Bonchev–Trinajstić information content (AvgIpc) is 2.94. The molecular weight excluding hydrogens is 266 g/mol. The molecule has 0 spiro atoms. The zero-order valence-electron chi connectivity index (χ0n) is 12.9. The Labute approximate surface area is 127 Å². The number of aromatic nitrogens is 1. The Morgan fingerprint density at radius 3 is 2.95 bits per heavy atom. The molecule has 3 heteroatoms. The largest absolute Gasteiger partial charge is 0.388 e. The van der Waals surface area contributed by atoms with Crippen molar-refractivity contribution in [2.45, 2.75) is 70.3 Å². The third kappa shape index (κ3) is 2.67. The van der Waals surface area contributed by atoms with Crippen LogP contribution in [0.4, 0.5) is 0 Å². The van der Waals surface area contributed by atoms with E-state index in [0.717, 1.165) is 18.1 Å². The smallest absolute Gasteiger partial charge is 0.0812 e. The molecule has 3 rings (SSSR count). The van der Waals surface area contributed by atoms with Crippen molar-refractivity contribution in [3.63, 3.8) is 0 Å². The number of fused-ring (bicyclic) bond motifs is 1. The SMILES string of the molecule is CCSC1CCC(n2ccc3c2CC(C)(C)CC3O)C1. The number of rotatable bonds is 3. The van der Waals surface area contributed by atoms with Gasteiger partial charge in [-0.1, -0.05) is 20.8 Å². The van der Waals surface area contributed by atoms with Crippen LogP contribution in [0, 0.1) is 5.41 Å². The van der Waals surface area contributed by atoms with Crippen molar-refractivity contribution in [1.82, 2.24) is 4.57 Å². The monoisotopic (exact) mass is 293 g/mol. The molecule has 0 aromatic carbocycles. The van der Waals surface area contributed by atoms with Crippen LogP contribution in [0.15, 0.2) is 12.3 Å². The van der Waals surface area contributed by atoms with Gasteiger partial charge in [0.05, 0.1) is 6.10 Å². The molecule has 1 heterocycles. The zero-order chi connectivity index (χ0) is 14.3. The lowest BCUT2D eigenvalue weighted by Gasteiger charge is -2.34. The Hall–Kier alpha value is -0.410. The molecule has 0 aliphatic heterocycles. The molecule has 3 unspecified atom stereocenters. The first-order chi connectivity index (χ1) is 9.50. The highest BCUT2D eigenvalue weighted by molar-refractivity contribution is 7.99. The average molecular weight is 293 g/mol. The molecule has 0 bridgehead atoms. The molecule has 0 saturated heterocycles. The van der Waals surface area contributed by atoms with E-state index in [1.807, 2.05) is 0 Å². The van der Waals surface area contributed by atoms with Crippen LogP contribution >= 0.6 is 11.8 Å². The summed E-state index contributed by atoms with van der Waals surface area (Å²) in [6.07, 6.45) is 7.92. The highest BCUT2D eigenvalue weighted by Gasteiger charge is 2.35. The van der Waals surface area contributed by atoms with E-state index >= 15 is 0 Å². The lowest BCUT2D eigenvalue weighted by Crippen LogP contribution is -2.27. The predicted octanol–water partition coefficient (Wildman–Crippen LogP) is 4.34. The van der Waals surface area contributed by atoms with Crippen LogP contribution in [0.3, 0.4) is 0 Å². The molecule has 3 atom stereocenters. The van der Waals surface area contributed by atoms with Gasteiger partial charge in [0.2, 0.25) is 0 Å². The van der Waals surface area contributed by atoms with E-state index in [1.54, 1.807) is 0 Å². The van der Waals surface area contributed by atoms with E-state index in [9.17, 15) is 5.11 Å². The first-order valence-electron chi connectivity index (χ1n) is 7.99. The van der Waals surface area contributed by atoms with Crippen molar-refractivity contribution in [3.05, 3.63) is 23.5 Å². The molecule has 1 fully saturated rings. The van der Waals surface area contributed by atoms with E-state index in [-0.39, 0.29) is 11.5 Å². The van der Waals surface area contributed by atoms with Crippen LogP contribution in [0.25, 0.3) is 0 Å². The minimum Gasteiger partial charge on any atom is -0.388 e. The van der Waals surface area contributed by atoms with Crippen LogP contribution < -0.4 is 0 Å². The van der Waals surface area contributed by atoms with Crippen molar-refractivity contribution in [2.24, 2.45) is 5.41 Å². The van der Waals surface area contributed by atoms with Crippen LogP contribution in [-0.4, -0.2) is 20.7 Å². The maximum absolute atomic E-state index is 10.4. The molecule has 1 N–H and O–H groups in total. The third-order valence-corrected chi connectivity index (χ3v) is 6.20. The number of nitrogens with zero attached hydrogens (tertiary/aromatic N) is 1. The predicted molar refractivity (Wildman–Crippen MR) is 86.3 cm³/mol. The van der Waals surface area contributed by atoms with Gasteiger partial charge >= 0.3 is 0 Å². The number of hydrogen-bond acceptors (Lipinski definition) is 2. The van der Waals surface area contributed by atoms with Gasteiger partial charge in [0.15, 0.2) is 0 Å². The van der Waals surface area contributed by atoms with E-state index in [2.05, 4.69) is 49.4 Å². The fourth-order valence-electron chi connectivity index (χ4n) is 4.05. The second-order valence-corrected chi connectivity index (χ2v) is 8.81. The summed E-state index contributed by atoms with van der Waals surface area (Å²) in [5.74, 6) is 1.23. The molecule has 2 aliphatic rings. The van der Waals surface area contributed by atoms with E-state index in [1.165, 1.54) is 36.3 Å². The van der Waals surface area contributed by atoms with Crippen molar-refractivity contribution in [1.29, 1.82) is 0 Å². The summed E-state index contributed by atoms with van der Waals surface area (Å²) in [6.45, 7) is 6.82. The second kappa shape index (κ2) is 5.42. The van der Waals surface area contributed by atoms with Crippen molar-refractivity contribution in [2.75, 3.05) is 5.75 Å². The maximum Gasteiger partial charge on any atom is 0.0812 e. The molecule has 2 nitrogen and oxygen atoms in total. The topological polar surface area (TPSA) is 25.2 Å². The Kier molecular flexibility index (Phi) is 3.93. The molecule has 1 aromatic heterocycles. The van der Waals surface area contributed by atoms with E-state index in [4.69, 9.17) is 0 Å². The first-order valence-corrected chi connectivity index (χ1v) is 9.04. The summed E-state index contributed by atoms with van der Waals surface area (Å²) >= 11 is 2.11. The molecule has 0 radical (unpaired) electrons. The molecule has 1 aromatic rings. The molecule has 1 saturated carbocycles. The van der Waals surface area contributed by atoms with Crippen LogP contribution in [0.5, 0.6) is 0 Å². The van der Waals surface area contributed by atoms with E-state index in [0.29, 0.717) is 6.04 Å². The van der Waals surface area contributed by atoms with Gasteiger partial charge in [-0.25, -0.2) is 0 Å². The Morgan fingerprint density at radius 2 is 2.20 bits per heavy atom. The third-order valence-electron chi connectivity index (χ3n) is 4.96. The summed E-state index contributed by atoms with van der Waals surface area (Å²) in [7, 11) is 0. The zero-order valence-corrected chi connectivity index (χ0v) is 13.7. The summed E-state index contributed by atoms with van der Waals surface area (Å²) in [5.41, 5.74) is 2.82. The Bertz CT molecular complexity index is 479. The van der Waals surface area contributed by atoms with Gasteiger partial charge in [0.25, 0.3) is 0 Å². The lowest BCUT2D eigenvalue weighted by molar-refractivity contribution is 0.0974. The molecule has 20 heavy (non-hydrogen) atoms. The summed E-state index contributed by atoms with van der Waals surface area (Å²) in [5, 5.41) is 11.2. The van der Waals surface area contributed by atoms with Gasteiger partial charge in [-0.15, -0.1) is 0 Å². The number of aliphatic hydroxyl groups is 1. The highest BCUT2D eigenvalue weighted by Crippen LogP contribution is 2.44. The Morgan fingerprint density at radius 1 is 1.40 bits per heavy atom. The lowest BCUT2D eigenvalue weighted by atomic mass is 9.75. The van der Waals surface area contributed by atoms with Gasteiger partial charge in [-0.2, -0.15) is 11.8 Å². The van der Waals surface area contributed by atoms with Crippen LogP contribution in [-0.2, 0) is 6.42 Å². The summed E-state index contributed by atoms with van der Waals surface area (Å²) in [6, 6.07) is 2.82. The van der Waals surface area contributed by atoms with Crippen molar-refractivity contribution in [3.8, 4) is 0 Å². The minimum absolute atomic E-state index is 0.221. The van der Waals surface area contributed by atoms with Crippen LogP contribution in [0.1, 0.15) is 69.9 Å². The maximum atomic E-state index is 10.4. The fourth-order valence-corrected chi connectivity index (χ4v) is 5.18. The molecule has 112 valence electrons. The minimum atomic E-state index is -0.266. The van der Waals surface area contributed by atoms with Crippen molar-refractivity contribution < 1.29 is 5.11 Å². The first kappa shape index (κ1) is 14.5. The quantitative estimate of drug-likeness (QED) is 0.896. The molecule has 2 aliphatic carbocycles. The molecule has 0 amide bonds. The van der Waals surface area contributed by atoms with Gasteiger partial charge < -0.3 is 9.67 Å². The van der Waals surface area contributed by atoms with Gasteiger partial charge in [0.1, 0.15) is 0 Å². The highest BCUT2D eigenvalue weighted by atomic mass is 32.2. The summed E-state index contributed by atoms with van der Waals surface area (Å²) in [4.78, 5) is 0. The number of aliphatic hydroxyl groups excluding tert-OH is 1. The van der Waals surface area contributed by atoms with E-state index < -0.39 is 0 Å². The van der Waals surface area contributed by atoms with Gasteiger partial charge in [-0.3, -0.25) is 0 Å². The number of thioether (sulfide) groups is 1. The summed E-state index contributed by atoms with van der Waals surface area (Å²) < 4.78 is 2.50. The van der Waals surface area contributed by atoms with Gasteiger partial charge in [-0.05, 0) is 49.3 Å². The number of hydrogen-bond donors (Lipinski definition) is 1. The standard InChI is InChI=1S/C17H27NOS/c1-4-20-13-6-5-12(9-13)18-8-7-14-15(18)10-17(2,3)11-16(14)19/h7-8,12-13,16,19H,4-6,9-11H2,1-3H3. The van der Waals surface area contributed by atoms with Gasteiger partial charge in [0, 0.05) is 28.7 Å². The Balaban J connectivity index is 1.83. The van der Waals surface area contributed by atoms with Crippen molar-refractivity contribution >= 4 is 11.8 Å². The second-order valence-electron chi connectivity index (χ2n) is 7.23. The fraction of sp³-hybridized carbons (Fsp3) is 0.765. The van der Waals surface area contributed by atoms with Crippen LogP contribution in [0.2, 0.25) is 0 Å². The normalized spacial score (nSPS) is 32.3.